The number of carbonyl (C=O) groups excluding carboxylic acids is 2. The van der Waals surface area contributed by atoms with E-state index in [0.717, 1.165) is 47.2 Å². The number of carbonyl (C=O) groups is 2. The Hall–Kier alpha value is -4.94. The highest BCUT2D eigenvalue weighted by molar-refractivity contribution is 7.92. The first-order valence-electron chi connectivity index (χ1n) is 16.3. The maximum Gasteiger partial charge on any atom is 0.273 e. The minimum absolute atomic E-state index is 0.00579. The third-order valence-corrected chi connectivity index (χ3v) is 10.8. The van der Waals surface area contributed by atoms with Gasteiger partial charge >= 0.3 is 0 Å². The number of nitro benzene ring substituents is 1. The fourth-order valence-electron chi connectivity index (χ4n) is 6.15. The van der Waals surface area contributed by atoms with Gasteiger partial charge in [0.25, 0.3) is 15.7 Å². The Bertz CT molecular complexity index is 1940. The maximum absolute atomic E-state index is 14.8. The summed E-state index contributed by atoms with van der Waals surface area (Å²) in [4.78, 5) is 41.0. The molecule has 0 radical (unpaired) electrons. The van der Waals surface area contributed by atoms with E-state index in [-0.39, 0.29) is 46.9 Å². The molecule has 1 atom stereocenters. The van der Waals surface area contributed by atoms with Crippen LogP contribution in [-0.2, 0) is 32.6 Å². The second-order valence-electron chi connectivity index (χ2n) is 12.2. The van der Waals surface area contributed by atoms with Crippen molar-refractivity contribution in [1.29, 1.82) is 0 Å². The third-order valence-electron chi connectivity index (χ3n) is 8.82. The van der Waals surface area contributed by atoms with E-state index in [9.17, 15) is 28.1 Å². The molecule has 0 bridgehead atoms. The molecule has 1 aliphatic carbocycles. The normalized spacial score (nSPS) is 13.7. The van der Waals surface area contributed by atoms with Crippen LogP contribution in [0.1, 0.15) is 42.4 Å². The SMILES string of the molecule is COc1ccc(Cl)cc1N(CC(=O)N(Cc1ccccc1)[C@@H](Cc1ccccc1)C(=O)NC1CCCC1)S(=O)(=O)c1ccc(C)c([N+](=O)[O-])c1. The third kappa shape index (κ3) is 8.61. The maximum atomic E-state index is 14.8. The number of sulfonamides is 1. The zero-order valence-electron chi connectivity index (χ0n) is 27.8. The summed E-state index contributed by atoms with van der Waals surface area (Å²) in [5.41, 5.74) is 1.37. The van der Waals surface area contributed by atoms with Gasteiger partial charge in [0.05, 0.1) is 22.6 Å². The molecular formula is C37H39ClN4O7S. The van der Waals surface area contributed by atoms with Gasteiger partial charge in [-0.2, -0.15) is 0 Å². The van der Waals surface area contributed by atoms with Crippen molar-refractivity contribution in [2.24, 2.45) is 0 Å². The number of rotatable bonds is 14. The Kier molecular flexibility index (Phi) is 11.8. The molecule has 262 valence electrons. The number of methoxy groups -OCH3 is 1. The number of halogens is 1. The first-order valence-corrected chi connectivity index (χ1v) is 18.1. The van der Waals surface area contributed by atoms with Crippen molar-refractivity contribution in [1.82, 2.24) is 10.2 Å². The molecule has 0 aromatic heterocycles. The van der Waals surface area contributed by atoms with Gasteiger partial charge in [0.2, 0.25) is 11.8 Å². The number of nitrogens with zero attached hydrogens (tertiary/aromatic N) is 3. The van der Waals surface area contributed by atoms with Gasteiger partial charge in [0, 0.05) is 35.7 Å². The minimum atomic E-state index is -4.66. The van der Waals surface area contributed by atoms with Crippen molar-refractivity contribution in [2.75, 3.05) is 18.0 Å². The minimum Gasteiger partial charge on any atom is -0.495 e. The average Bonchev–Trinajstić information content (AvgIpc) is 3.62. The lowest BCUT2D eigenvalue weighted by Crippen LogP contribution is -2.54. The molecule has 50 heavy (non-hydrogen) atoms. The van der Waals surface area contributed by atoms with E-state index in [0.29, 0.717) is 0 Å². The molecule has 0 heterocycles. The lowest BCUT2D eigenvalue weighted by atomic mass is 10.0. The summed E-state index contributed by atoms with van der Waals surface area (Å²) in [6.07, 6.45) is 3.83. The van der Waals surface area contributed by atoms with E-state index in [1.165, 1.54) is 49.3 Å². The summed E-state index contributed by atoms with van der Waals surface area (Å²) in [6, 6.07) is 25.3. The molecule has 2 amide bonds. The quantitative estimate of drug-likeness (QED) is 0.117. The van der Waals surface area contributed by atoms with Crippen LogP contribution in [0.15, 0.2) is 102 Å². The standard InChI is InChI=1S/C37H39ClN4O7S/c1-26-17-19-31(23-32(26)42(45)46)50(47,48)41(33-22-29(38)18-20-35(33)49-2)25-36(43)40(24-28-13-7-4-8-14-28)34(21-27-11-5-3-6-12-27)37(44)39-30-15-9-10-16-30/h3-8,11-14,17-20,22-23,30,34H,9-10,15-16,21,24-25H2,1-2H3,(H,39,44)/t34-/m0/s1. The lowest BCUT2D eigenvalue weighted by Gasteiger charge is -2.34. The lowest BCUT2D eigenvalue weighted by molar-refractivity contribution is -0.385. The highest BCUT2D eigenvalue weighted by Gasteiger charge is 2.37. The Morgan fingerprint density at radius 2 is 1.60 bits per heavy atom. The van der Waals surface area contributed by atoms with Crippen LogP contribution in [-0.4, -0.2) is 55.8 Å². The number of ether oxygens (including phenoxy) is 1. The predicted octanol–water partition coefficient (Wildman–Crippen LogP) is 6.46. The van der Waals surface area contributed by atoms with Gasteiger partial charge < -0.3 is 15.0 Å². The van der Waals surface area contributed by atoms with Gasteiger partial charge in [-0.05, 0) is 55.2 Å². The molecule has 13 heteroatoms. The Morgan fingerprint density at radius 1 is 0.960 bits per heavy atom. The number of amides is 2. The van der Waals surface area contributed by atoms with E-state index in [2.05, 4.69) is 5.32 Å². The second kappa shape index (κ2) is 16.2. The number of hydrogen-bond acceptors (Lipinski definition) is 7. The summed E-state index contributed by atoms with van der Waals surface area (Å²) in [6.45, 7) is 0.738. The topological polar surface area (TPSA) is 139 Å². The number of aryl methyl sites for hydroxylation is 1. The Balaban J connectivity index is 1.62. The molecule has 0 unspecified atom stereocenters. The second-order valence-corrected chi connectivity index (χ2v) is 14.5. The van der Waals surface area contributed by atoms with Crippen LogP contribution in [0, 0.1) is 17.0 Å². The number of nitro groups is 1. The van der Waals surface area contributed by atoms with Crippen molar-refractivity contribution in [3.05, 3.63) is 129 Å². The van der Waals surface area contributed by atoms with Crippen molar-refractivity contribution in [2.45, 2.75) is 62.6 Å². The molecule has 0 saturated heterocycles. The van der Waals surface area contributed by atoms with Crippen molar-refractivity contribution in [3.8, 4) is 5.75 Å². The van der Waals surface area contributed by atoms with Gasteiger partial charge in [-0.3, -0.25) is 24.0 Å². The van der Waals surface area contributed by atoms with Gasteiger partial charge in [-0.1, -0.05) is 91.2 Å². The van der Waals surface area contributed by atoms with Gasteiger partial charge in [0.1, 0.15) is 18.3 Å². The molecule has 1 fully saturated rings. The van der Waals surface area contributed by atoms with Crippen LogP contribution in [0.5, 0.6) is 5.75 Å². The molecule has 4 aromatic rings. The zero-order valence-corrected chi connectivity index (χ0v) is 29.4. The molecule has 1 N–H and O–H groups in total. The van der Waals surface area contributed by atoms with Crippen LogP contribution in [0.3, 0.4) is 0 Å². The van der Waals surface area contributed by atoms with Crippen LogP contribution in [0.2, 0.25) is 5.02 Å². The van der Waals surface area contributed by atoms with E-state index >= 15 is 0 Å². The highest BCUT2D eigenvalue weighted by Crippen LogP contribution is 2.36. The fourth-order valence-corrected chi connectivity index (χ4v) is 7.75. The highest BCUT2D eigenvalue weighted by atomic mass is 35.5. The van der Waals surface area contributed by atoms with E-state index in [4.69, 9.17) is 16.3 Å². The molecular weight excluding hydrogens is 680 g/mol. The van der Waals surface area contributed by atoms with Gasteiger partial charge in [-0.25, -0.2) is 8.42 Å². The van der Waals surface area contributed by atoms with E-state index < -0.39 is 44.0 Å². The Labute approximate surface area is 297 Å². The largest absolute Gasteiger partial charge is 0.495 e. The molecule has 0 aliphatic heterocycles. The summed E-state index contributed by atoms with van der Waals surface area (Å²) in [7, 11) is -3.31. The zero-order chi connectivity index (χ0) is 35.8. The van der Waals surface area contributed by atoms with Gasteiger partial charge in [0.15, 0.2) is 0 Å². The first-order chi connectivity index (χ1) is 24.0. The van der Waals surface area contributed by atoms with Crippen LogP contribution < -0.4 is 14.4 Å². The fraction of sp³-hybridized carbons (Fsp3) is 0.297. The van der Waals surface area contributed by atoms with Crippen molar-refractivity contribution >= 4 is 44.8 Å². The number of nitrogens with one attached hydrogen (secondary N) is 1. The number of anilines is 1. The molecule has 1 saturated carbocycles. The summed E-state index contributed by atoms with van der Waals surface area (Å²) in [5, 5.41) is 15.1. The molecule has 11 nitrogen and oxygen atoms in total. The predicted molar refractivity (Wildman–Crippen MR) is 192 cm³/mol. The van der Waals surface area contributed by atoms with Crippen LogP contribution in [0.25, 0.3) is 0 Å². The monoisotopic (exact) mass is 718 g/mol. The smallest absolute Gasteiger partial charge is 0.273 e. The summed E-state index contributed by atoms with van der Waals surface area (Å²) < 4.78 is 35.3. The molecule has 5 rings (SSSR count). The van der Waals surface area contributed by atoms with E-state index in [1.807, 2.05) is 60.7 Å². The van der Waals surface area contributed by atoms with Crippen molar-refractivity contribution in [3.63, 3.8) is 0 Å². The van der Waals surface area contributed by atoms with Crippen LogP contribution in [0.4, 0.5) is 11.4 Å². The van der Waals surface area contributed by atoms with Gasteiger partial charge in [-0.15, -0.1) is 0 Å². The molecule has 0 spiro atoms. The average molecular weight is 719 g/mol. The first kappa shape index (κ1) is 36.3. The molecule has 1 aliphatic rings. The number of hydrogen-bond donors (Lipinski definition) is 1. The molecule has 4 aromatic carbocycles. The Morgan fingerprint density at radius 3 is 2.22 bits per heavy atom. The number of benzene rings is 4. The van der Waals surface area contributed by atoms with Crippen molar-refractivity contribution < 1.29 is 27.7 Å². The van der Waals surface area contributed by atoms with E-state index in [1.54, 1.807) is 0 Å². The summed E-state index contributed by atoms with van der Waals surface area (Å²) >= 11 is 6.36. The van der Waals surface area contributed by atoms with Crippen LogP contribution >= 0.6 is 11.6 Å². The summed E-state index contributed by atoms with van der Waals surface area (Å²) in [5.74, 6) is -0.917.